The van der Waals surface area contributed by atoms with Gasteiger partial charge in [-0.1, -0.05) is 30.3 Å². The molecule has 0 unspecified atom stereocenters. The van der Waals surface area contributed by atoms with Crippen molar-refractivity contribution in [2.75, 3.05) is 0 Å². The van der Waals surface area contributed by atoms with Crippen LogP contribution < -0.4 is 0 Å². The predicted octanol–water partition coefficient (Wildman–Crippen LogP) is 3.45. The van der Waals surface area contributed by atoms with Crippen molar-refractivity contribution in [2.24, 2.45) is 4.99 Å². The zero-order valence-corrected chi connectivity index (χ0v) is 8.55. The van der Waals surface area contributed by atoms with E-state index in [-0.39, 0.29) is 0 Å². The third-order valence-electron chi connectivity index (χ3n) is 2.05. The molecule has 0 heterocycles. The van der Waals surface area contributed by atoms with Crippen LogP contribution in [0.4, 0.5) is 13.2 Å². The van der Waals surface area contributed by atoms with Gasteiger partial charge in [-0.3, -0.25) is 4.99 Å². The van der Waals surface area contributed by atoms with Gasteiger partial charge in [0.2, 0.25) is 0 Å². The van der Waals surface area contributed by atoms with Crippen LogP contribution in [-0.4, -0.2) is 17.9 Å². The molecule has 15 heavy (non-hydrogen) atoms. The van der Waals surface area contributed by atoms with Gasteiger partial charge in [0.1, 0.15) is 6.04 Å². The van der Waals surface area contributed by atoms with Gasteiger partial charge in [-0.15, -0.1) is 0 Å². The van der Waals surface area contributed by atoms with Crippen LogP contribution in [-0.2, 0) is 0 Å². The highest BCUT2D eigenvalue weighted by Gasteiger charge is 2.35. The zero-order valence-electron chi connectivity index (χ0n) is 8.55. The van der Waals surface area contributed by atoms with E-state index in [1.54, 1.807) is 31.2 Å². The van der Waals surface area contributed by atoms with Gasteiger partial charge >= 0.3 is 6.18 Å². The molecule has 4 heteroatoms. The van der Waals surface area contributed by atoms with Crippen molar-refractivity contribution < 1.29 is 13.2 Å². The quantitative estimate of drug-likeness (QED) is 0.670. The summed E-state index contributed by atoms with van der Waals surface area (Å²) in [5.74, 6) is 0. The lowest BCUT2D eigenvalue weighted by atomic mass is 10.1. The van der Waals surface area contributed by atoms with Crippen molar-refractivity contribution in [1.29, 1.82) is 0 Å². The Balaban J connectivity index is 2.86. The molecule has 0 saturated heterocycles. The van der Waals surface area contributed by atoms with Crippen molar-refractivity contribution in [2.45, 2.75) is 26.1 Å². The molecule has 0 aliphatic rings. The molecule has 0 amide bonds. The van der Waals surface area contributed by atoms with E-state index in [1.165, 1.54) is 0 Å². The Kier molecular flexibility index (Phi) is 3.50. The van der Waals surface area contributed by atoms with Gasteiger partial charge in [0, 0.05) is 5.71 Å². The lowest BCUT2D eigenvalue weighted by Crippen LogP contribution is -2.24. The monoisotopic (exact) mass is 215 g/mol. The van der Waals surface area contributed by atoms with E-state index in [2.05, 4.69) is 4.99 Å². The van der Waals surface area contributed by atoms with E-state index in [0.717, 1.165) is 6.92 Å². The van der Waals surface area contributed by atoms with Gasteiger partial charge in [0.25, 0.3) is 0 Å². The molecular formula is C11H12F3N. The molecular weight excluding hydrogens is 203 g/mol. The molecule has 0 N–H and O–H groups in total. The standard InChI is InChI=1S/C11H12F3N/c1-8(10-6-4-3-5-7-10)15-9(2)11(12,13)14/h3-7,9H,1-2H3/t9-/m0/s1. The Labute approximate surface area is 86.6 Å². The summed E-state index contributed by atoms with van der Waals surface area (Å²) in [6.07, 6.45) is -4.27. The van der Waals surface area contributed by atoms with E-state index in [1.807, 2.05) is 6.07 Å². The van der Waals surface area contributed by atoms with Gasteiger partial charge in [-0.2, -0.15) is 13.2 Å². The minimum absolute atomic E-state index is 0.403. The first-order valence-corrected chi connectivity index (χ1v) is 4.58. The minimum Gasteiger partial charge on any atom is -0.277 e. The summed E-state index contributed by atoms with van der Waals surface area (Å²) < 4.78 is 36.7. The molecule has 0 radical (unpaired) electrons. The predicted molar refractivity (Wildman–Crippen MR) is 54.2 cm³/mol. The van der Waals surface area contributed by atoms with E-state index in [0.29, 0.717) is 11.3 Å². The number of hydrogen-bond donors (Lipinski definition) is 0. The summed E-state index contributed by atoms with van der Waals surface area (Å²) in [5.41, 5.74) is 1.12. The van der Waals surface area contributed by atoms with Crippen molar-refractivity contribution in [3.8, 4) is 0 Å². The van der Waals surface area contributed by atoms with E-state index < -0.39 is 12.2 Å². The zero-order chi connectivity index (χ0) is 11.5. The molecule has 1 rings (SSSR count). The Morgan fingerprint density at radius 1 is 1.20 bits per heavy atom. The summed E-state index contributed by atoms with van der Waals surface area (Å²) in [7, 11) is 0. The Morgan fingerprint density at radius 3 is 2.20 bits per heavy atom. The maximum Gasteiger partial charge on any atom is 0.410 e. The highest BCUT2D eigenvalue weighted by Crippen LogP contribution is 2.22. The molecule has 82 valence electrons. The molecule has 1 atom stereocenters. The van der Waals surface area contributed by atoms with Crippen LogP contribution in [0.2, 0.25) is 0 Å². The van der Waals surface area contributed by atoms with E-state index in [9.17, 15) is 13.2 Å². The van der Waals surface area contributed by atoms with Crippen LogP contribution in [0.15, 0.2) is 35.3 Å². The van der Waals surface area contributed by atoms with Crippen molar-refractivity contribution >= 4 is 5.71 Å². The molecule has 0 aliphatic carbocycles. The van der Waals surface area contributed by atoms with Gasteiger partial charge in [-0.05, 0) is 19.4 Å². The summed E-state index contributed by atoms with van der Waals surface area (Å²) in [4.78, 5) is 3.61. The number of alkyl halides is 3. The number of aliphatic imine (C=N–C) groups is 1. The molecule has 1 aromatic rings. The van der Waals surface area contributed by atoms with Gasteiger partial charge < -0.3 is 0 Å². The molecule has 1 nitrogen and oxygen atoms in total. The fraction of sp³-hybridized carbons (Fsp3) is 0.364. The normalized spacial score (nSPS) is 15.1. The summed E-state index contributed by atoms with van der Waals surface area (Å²) in [6.45, 7) is 2.63. The largest absolute Gasteiger partial charge is 0.410 e. The van der Waals surface area contributed by atoms with Crippen LogP contribution >= 0.6 is 0 Å². The molecule has 0 aromatic heterocycles. The maximum absolute atomic E-state index is 12.2. The average molecular weight is 215 g/mol. The van der Waals surface area contributed by atoms with Gasteiger partial charge in [0.05, 0.1) is 0 Å². The number of benzene rings is 1. The number of halogens is 3. The highest BCUT2D eigenvalue weighted by atomic mass is 19.4. The van der Waals surface area contributed by atoms with E-state index in [4.69, 9.17) is 0 Å². The first-order valence-electron chi connectivity index (χ1n) is 4.58. The van der Waals surface area contributed by atoms with Crippen molar-refractivity contribution in [3.05, 3.63) is 35.9 Å². The fourth-order valence-corrected chi connectivity index (χ4v) is 1.12. The molecule has 0 aliphatic heterocycles. The highest BCUT2D eigenvalue weighted by molar-refractivity contribution is 5.98. The number of hydrogen-bond acceptors (Lipinski definition) is 1. The lowest BCUT2D eigenvalue weighted by molar-refractivity contribution is -0.142. The first kappa shape index (κ1) is 11.8. The molecule has 0 saturated carbocycles. The smallest absolute Gasteiger partial charge is 0.277 e. The van der Waals surface area contributed by atoms with Crippen LogP contribution in [0, 0.1) is 0 Å². The topological polar surface area (TPSA) is 12.4 Å². The molecule has 0 spiro atoms. The summed E-state index contributed by atoms with van der Waals surface area (Å²) in [5, 5.41) is 0. The third-order valence-corrected chi connectivity index (χ3v) is 2.05. The van der Waals surface area contributed by atoms with Crippen LogP contribution in [0.1, 0.15) is 19.4 Å². The van der Waals surface area contributed by atoms with Crippen molar-refractivity contribution in [3.63, 3.8) is 0 Å². The van der Waals surface area contributed by atoms with Crippen LogP contribution in [0.5, 0.6) is 0 Å². The third kappa shape index (κ3) is 3.38. The second-order valence-corrected chi connectivity index (χ2v) is 3.30. The van der Waals surface area contributed by atoms with Crippen LogP contribution in [0.3, 0.4) is 0 Å². The lowest BCUT2D eigenvalue weighted by Gasteiger charge is -2.12. The average Bonchev–Trinajstić information content (AvgIpc) is 2.17. The Morgan fingerprint density at radius 2 is 1.73 bits per heavy atom. The number of nitrogens with zero attached hydrogens (tertiary/aromatic N) is 1. The summed E-state index contributed by atoms with van der Waals surface area (Å²) >= 11 is 0. The Hall–Kier alpha value is -1.32. The van der Waals surface area contributed by atoms with Gasteiger partial charge in [0.15, 0.2) is 0 Å². The SMILES string of the molecule is CC(=N[C@@H](C)C(F)(F)F)c1ccccc1. The molecule has 0 fully saturated rings. The van der Waals surface area contributed by atoms with Gasteiger partial charge in [-0.25, -0.2) is 0 Å². The maximum atomic E-state index is 12.2. The summed E-state index contributed by atoms with van der Waals surface area (Å²) in [6, 6.07) is 7.17. The fourth-order valence-electron chi connectivity index (χ4n) is 1.12. The molecule has 1 aromatic carbocycles. The number of rotatable bonds is 2. The first-order chi connectivity index (χ1) is 6.91. The second-order valence-electron chi connectivity index (χ2n) is 3.30. The van der Waals surface area contributed by atoms with E-state index >= 15 is 0 Å². The van der Waals surface area contributed by atoms with Crippen molar-refractivity contribution in [1.82, 2.24) is 0 Å². The Bertz CT molecular complexity index is 341. The minimum atomic E-state index is -4.27. The molecule has 0 bridgehead atoms. The second kappa shape index (κ2) is 4.47. The van der Waals surface area contributed by atoms with Crippen LogP contribution in [0.25, 0.3) is 0 Å².